The van der Waals surface area contributed by atoms with Gasteiger partial charge in [-0.2, -0.15) is 0 Å². The number of oxazole rings is 1. The first-order valence-electron chi connectivity index (χ1n) is 4.24. The molecule has 0 amide bonds. The maximum Gasteiger partial charge on any atom is 0.264 e. The first-order chi connectivity index (χ1) is 7.15. The third kappa shape index (κ3) is 2.57. The highest BCUT2D eigenvalue weighted by atomic mass is 79.9. The zero-order valence-electron chi connectivity index (χ0n) is 8.19. The van der Waals surface area contributed by atoms with Gasteiger partial charge in [-0.25, -0.2) is 15.0 Å². The van der Waals surface area contributed by atoms with E-state index in [-0.39, 0.29) is 0 Å². The van der Waals surface area contributed by atoms with Gasteiger partial charge in [0.2, 0.25) is 0 Å². The van der Waals surface area contributed by atoms with Gasteiger partial charge in [0.1, 0.15) is 5.76 Å². The van der Waals surface area contributed by atoms with Crippen molar-refractivity contribution in [1.82, 2.24) is 15.0 Å². The maximum absolute atomic E-state index is 5.41. The normalized spacial score (nSPS) is 10.6. The molecule has 0 radical (unpaired) electrons. The van der Waals surface area contributed by atoms with E-state index in [0.717, 1.165) is 15.9 Å². The third-order valence-corrected chi connectivity index (χ3v) is 2.94. The summed E-state index contributed by atoms with van der Waals surface area (Å²) in [6.45, 7) is 3.79. The van der Waals surface area contributed by atoms with Crippen molar-refractivity contribution < 1.29 is 4.42 Å². The number of aryl methyl sites for hydroxylation is 2. The van der Waals surface area contributed by atoms with E-state index in [1.54, 1.807) is 12.4 Å². The van der Waals surface area contributed by atoms with Crippen molar-refractivity contribution in [2.75, 3.05) is 0 Å². The number of rotatable bonds is 2. The minimum atomic E-state index is 0.576. The molecule has 2 rings (SSSR count). The standard InChI is InChI=1S/C9H8BrN3OS/c1-5-6(2)14-9(13-5)15-8-11-3-7(10)4-12-8/h3-4H,1-2H3. The van der Waals surface area contributed by atoms with Gasteiger partial charge in [-0.1, -0.05) is 0 Å². The lowest BCUT2D eigenvalue weighted by molar-refractivity contribution is 0.430. The average molecular weight is 286 g/mol. The van der Waals surface area contributed by atoms with Crippen LogP contribution in [0.4, 0.5) is 0 Å². The van der Waals surface area contributed by atoms with Gasteiger partial charge in [-0.05, 0) is 29.8 Å². The highest BCUT2D eigenvalue weighted by Crippen LogP contribution is 2.25. The lowest BCUT2D eigenvalue weighted by Crippen LogP contribution is -1.84. The molecule has 0 saturated heterocycles. The van der Waals surface area contributed by atoms with Gasteiger partial charge < -0.3 is 4.42 Å². The highest BCUT2D eigenvalue weighted by Gasteiger charge is 2.08. The van der Waals surface area contributed by atoms with Gasteiger partial charge in [0.05, 0.1) is 10.2 Å². The summed E-state index contributed by atoms with van der Waals surface area (Å²) in [5.74, 6) is 0.828. The maximum atomic E-state index is 5.41. The second-order valence-corrected chi connectivity index (χ2v) is 4.74. The second-order valence-electron chi connectivity index (χ2n) is 2.91. The molecule has 0 spiro atoms. The van der Waals surface area contributed by atoms with E-state index in [2.05, 4.69) is 30.9 Å². The molecule has 0 fully saturated rings. The zero-order valence-corrected chi connectivity index (χ0v) is 10.6. The molecular weight excluding hydrogens is 278 g/mol. The Morgan fingerprint density at radius 1 is 1.27 bits per heavy atom. The monoisotopic (exact) mass is 285 g/mol. The predicted molar refractivity (Wildman–Crippen MR) is 59.8 cm³/mol. The van der Waals surface area contributed by atoms with Gasteiger partial charge in [-0.15, -0.1) is 0 Å². The second kappa shape index (κ2) is 4.32. The third-order valence-electron chi connectivity index (χ3n) is 1.78. The summed E-state index contributed by atoms with van der Waals surface area (Å²) < 4.78 is 6.26. The molecule has 2 aromatic heterocycles. The van der Waals surface area contributed by atoms with Crippen molar-refractivity contribution in [2.45, 2.75) is 24.2 Å². The quantitative estimate of drug-likeness (QED) is 0.794. The van der Waals surface area contributed by atoms with E-state index in [4.69, 9.17) is 4.42 Å². The molecule has 0 aromatic carbocycles. The minimum Gasteiger partial charge on any atom is -0.436 e. The minimum absolute atomic E-state index is 0.576. The molecule has 78 valence electrons. The Balaban J connectivity index is 2.18. The summed E-state index contributed by atoms with van der Waals surface area (Å²) in [6.07, 6.45) is 3.38. The van der Waals surface area contributed by atoms with Gasteiger partial charge in [0.15, 0.2) is 5.16 Å². The SMILES string of the molecule is Cc1nc(Sc2ncc(Br)cn2)oc1C. The molecule has 2 aromatic rings. The van der Waals surface area contributed by atoms with Gasteiger partial charge in [0.25, 0.3) is 5.22 Å². The predicted octanol–water partition coefficient (Wildman–Crippen LogP) is 3.00. The summed E-state index contributed by atoms with van der Waals surface area (Å²) in [5.41, 5.74) is 0.898. The van der Waals surface area contributed by atoms with Crippen molar-refractivity contribution in [3.63, 3.8) is 0 Å². The summed E-state index contributed by atoms with van der Waals surface area (Å²) >= 11 is 4.58. The van der Waals surface area contributed by atoms with Crippen molar-refractivity contribution in [1.29, 1.82) is 0 Å². The van der Waals surface area contributed by atoms with Crippen LogP contribution in [-0.4, -0.2) is 15.0 Å². The molecule has 4 nitrogen and oxygen atoms in total. The molecule has 0 atom stereocenters. The van der Waals surface area contributed by atoms with Crippen molar-refractivity contribution in [3.05, 3.63) is 28.3 Å². The average Bonchev–Trinajstić information content (AvgIpc) is 2.50. The molecule has 2 heterocycles. The number of halogens is 1. The topological polar surface area (TPSA) is 51.8 Å². The fourth-order valence-corrected chi connectivity index (χ4v) is 1.84. The van der Waals surface area contributed by atoms with Crippen LogP contribution in [0.15, 0.2) is 31.7 Å². The summed E-state index contributed by atoms with van der Waals surface area (Å²) in [7, 11) is 0. The Hall–Kier alpha value is -0.880. The molecule has 0 unspecified atom stereocenters. The molecule has 0 aliphatic heterocycles. The molecule has 0 aliphatic carbocycles. The lowest BCUT2D eigenvalue weighted by Gasteiger charge is -1.94. The molecule has 0 saturated carbocycles. The summed E-state index contributed by atoms with van der Waals surface area (Å²) in [5, 5.41) is 1.20. The Labute approximate surface area is 99.7 Å². The zero-order chi connectivity index (χ0) is 10.8. The largest absolute Gasteiger partial charge is 0.436 e. The van der Waals surface area contributed by atoms with Crippen LogP contribution in [0.5, 0.6) is 0 Å². The summed E-state index contributed by atoms with van der Waals surface area (Å²) in [6, 6.07) is 0. The number of nitrogens with zero attached hydrogens (tertiary/aromatic N) is 3. The van der Waals surface area contributed by atoms with Crippen molar-refractivity contribution in [2.24, 2.45) is 0 Å². The Morgan fingerprint density at radius 3 is 2.47 bits per heavy atom. The number of hydrogen-bond donors (Lipinski definition) is 0. The van der Waals surface area contributed by atoms with Crippen LogP contribution < -0.4 is 0 Å². The molecule has 6 heteroatoms. The molecule has 0 N–H and O–H groups in total. The molecule has 15 heavy (non-hydrogen) atoms. The van der Waals surface area contributed by atoms with Gasteiger partial charge in [0, 0.05) is 24.2 Å². The Kier molecular flexibility index (Phi) is 3.06. The van der Waals surface area contributed by atoms with Crippen molar-refractivity contribution in [3.8, 4) is 0 Å². The molecular formula is C9H8BrN3OS. The number of hydrogen-bond acceptors (Lipinski definition) is 5. The number of aromatic nitrogens is 3. The van der Waals surface area contributed by atoms with Crippen LogP contribution in [0, 0.1) is 13.8 Å². The van der Waals surface area contributed by atoms with E-state index in [1.165, 1.54) is 11.8 Å². The van der Waals surface area contributed by atoms with E-state index in [0.29, 0.717) is 10.4 Å². The van der Waals surface area contributed by atoms with E-state index < -0.39 is 0 Å². The first kappa shape index (κ1) is 10.6. The first-order valence-corrected chi connectivity index (χ1v) is 5.85. The summed E-state index contributed by atoms with van der Waals surface area (Å²) in [4.78, 5) is 12.5. The Bertz CT molecular complexity index is 449. The van der Waals surface area contributed by atoms with Crippen LogP contribution in [0.1, 0.15) is 11.5 Å². The van der Waals surface area contributed by atoms with Crippen molar-refractivity contribution >= 4 is 27.7 Å². The molecule has 0 bridgehead atoms. The lowest BCUT2D eigenvalue weighted by atomic mass is 10.4. The van der Waals surface area contributed by atoms with Crippen LogP contribution in [-0.2, 0) is 0 Å². The fraction of sp³-hybridized carbons (Fsp3) is 0.222. The van der Waals surface area contributed by atoms with E-state index >= 15 is 0 Å². The van der Waals surface area contributed by atoms with E-state index in [9.17, 15) is 0 Å². The van der Waals surface area contributed by atoms with Gasteiger partial charge >= 0.3 is 0 Å². The van der Waals surface area contributed by atoms with E-state index in [1.807, 2.05) is 13.8 Å². The van der Waals surface area contributed by atoms with Crippen LogP contribution in [0.25, 0.3) is 0 Å². The van der Waals surface area contributed by atoms with Crippen LogP contribution in [0.3, 0.4) is 0 Å². The smallest absolute Gasteiger partial charge is 0.264 e. The van der Waals surface area contributed by atoms with Crippen LogP contribution >= 0.6 is 27.7 Å². The highest BCUT2D eigenvalue weighted by molar-refractivity contribution is 9.10. The van der Waals surface area contributed by atoms with Gasteiger partial charge in [-0.3, -0.25) is 0 Å². The Morgan fingerprint density at radius 2 is 1.93 bits per heavy atom. The molecule has 0 aliphatic rings. The van der Waals surface area contributed by atoms with Crippen LogP contribution in [0.2, 0.25) is 0 Å². The fourth-order valence-electron chi connectivity index (χ4n) is 0.918.